The Morgan fingerprint density at radius 3 is 2.00 bits per heavy atom. The van der Waals surface area contributed by atoms with Gasteiger partial charge < -0.3 is 10.4 Å². The predicted molar refractivity (Wildman–Crippen MR) is 119 cm³/mol. The first kappa shape index (κ1) is 18.5. The number of phenolic OH excluding ortho intramolecular Hbond substituents is 1. The highest BCUT2D eigenvalue weighted by molar-refractivity contribution is 5.88. The zero-order valence-electron chi connectivity index (χ0n) is 16.7. The topological polar surface area (TPSA) is 32.3 Å². The number of hydrogen-bond acceptors (Lipinski definition) is 2. The number of phenols is 1. The summed E-state index contributed by atoms with van der Waals surface area (Å²) in [5.41, 5.74) is 2.27. The molecule has 0 aromatic heterocycles. The van der Waals surface area contributed by atoms with Crippen LogP contribution in [0.4, 0.5) is 0 Å². The van der Waals surface area contributed by atoms with Crippen LogP contribution in [-0.2, 0) is 0 Å². The van der Waals surface area contributed by atoms with E-state index in [1.54, 1.807) is 0 Å². The smallest absolute Gasteiger partial charge is 0.121 e. The van der Waals surface area contributed by atoms with E-state index >= 15 is 0 Å². The van der Waals surface area contributed by atoms with Gasteiger partial charge in [0.2, 0.25) is 0 Å². The van der Waals surface area contributed by atoms with Crippen molar-refractivity contribution < 1.29 is 5.11 Å². The molecule has 0 aliphatic carbocycles. The summed E-state index contributed by atoms with van der Waals surface area (Å²) < 4.78 is 0. The third kappa shape index (κ3) is 3.36. The van der Waals surface area contributed by atoms with Crippen LogP contribution in [0.1, 0.15) is 44.0 Å². The van der Waals surface area contributed by atoms with E-state index in [0.717, 1.165) is 16.3 Å². The monoisotopic (exact) mass is 369 g/mol. The van der Waals surface area contributed by atoms with E-state index in [2.05, 4.69) is 80.7 Å². The zero-order valence-corrected chi connectivity index (χ0v) is 16.7. The molecule has 0 amide bonds. The lowest BCUT2D eigenvalue weighted by atomic mass is 9.89. The molecule has 0 spiro atoms. The molecule has 1 unspecified atom stereocenters. The maximum Gasteiger partial charge on any atom is 0.121 e. The minimum atomic E-state index is 0.0417. The number of benzene rings is 4. The Morgan fingerprint density at radius 2 is 1.29 bits per heavy atom. The van der Waals surface area contributed by atoms with Crippen LogP contribution < -0.4 is 5.32 Å². The lowest BCUT2D eigenvalue weighted by molar-refractivity contribution is 0.362. The third-order valence-corrected chi connectivity index (χ3v) is 5.64. The molecule has 2 N–H and O–H groups in total. The van der Waals surface area contributed by atoms with Crippen LogP contribution in [0.25, 0.3) is 21.5 Å². The first-order chi connectivity index (χ1) is 13.6. The number of aromatic hydroxyl groups is 1. The lowest BCUT2D eigenvalue weighted by Gasteiger charge is -2.29. The van der Waals surface area contributed by atoms with Gasteiger partial charge in [0.15, 0.2) is 0 Å². The highest BCUT2D eigenvalue weighted by atomic mass is 16.3. The van der Waals surface area contributed by atoms with Gasteiger partial charge in [-0.3, -0.25) is 0 Å². The Bertz CT molecular complexity index is 1110. The third-order valence-electron chi connectivity index (χ3n) is 5.64. The molecule has 28 heavy (non-hydrogen) atoms. The van der Waals surface area contributed by atoms with Crippen molar-refractivity contribution in [2.75, 3.05) is 0 Å². The minimum Gasteiger partial charge on any atom is -0.508 e. The molecule has 0 radical (unpaired) electrons. The maximum absolute atomic E-state index is 10.7. The molecule has 0 fully saturated rings. The van der Waals surface area contributed by atoms with Gasteiger partial charge in [-0.05, 0) is 46.0 Å². The van der Waals surface area contributed by atoms with Crippen molar-refractivity contribution >= 4 is 21.5 Å². The quantitative estimate of drug-likeness (QED) is 0.408. The van der Waals surface area contributed by atoms with Gasteiger partial charge in [-0.2, -0.15) is 0 Å². The van der Waals surface area contributed by atoms with Crippen LogP contribution in [0.15, 0.2) is 78.9 Å². The van der Waals surface area contributed by atoms with Crippen LogP contribution in [0.2, 0.25) is 0 Å². The molecule has 0 aliphatic heterocycles. The van der Waals surface area contributed by atoms with Crippen LogP contribution in [0, 0.1) is 5.92 Å². The van der Waals surface area contributed by atoms with Gasteiger partial charge in [0.25, 0.3) is 0 Å². The molecule has 2 heteroatoms. The van der Waals surface area contributed by atoms with Crippen molar-refractivity contribution in [3.05, 3.63) is 90.0 Å². The summed E-state index contributed by atoms with van der Waals surface area (Å²) in [5.74, 6) is 0.684. The van der Waals surface area contributed by atoms with Gasteiger partial charge in [0.1, 0.15) is 5.75 Å². The van der Waals surface area contributed by atoms with Gasteiger partial charge in [-0.1, -0.05) is 86.6 Å². The van der Waals surface area contributed by atoms with E-state index in [1.165, 1.54) is 16.3 Å². The Kier molecular flexibility index (Phi) is 5.06. The normalized spacial score (nSPS) is 13.9. The molecular weight excluding hydrogens is 342 g/mol. The Hall–Kier alpha value is -2.84. The highest BCUT2D eigenvalue weighted by Gasteiger charge is 2.24. The van der Waals surface area contributed by atoms with Crippen molar-refractivity contribution in [3.8, 4) is 5.75 Å². The molecular formula is C26H27NO. The molecule has 0 saturated heterocycles. The molecule has 2 nitrogen and oxygen atoms in total. The molecule has 4 aromatic carbocycles. The zero-order chi connectivity index (χ0) is 19.7. The lowest BCUT2D eigenvalue weighted by Crippen LogP contribution is -2.29. The van der Waals surface area contributed by atoms with Crippen LogP contribution in [0.5, 0.6) is 5.75 Å². The van der Waals surface area contributed by atoms with Gasteiger partial charge in [0, 0.05) is 17.6 Å². The largest absolute Gasteiger partial charge is 0.508 e. The van der Waals surface area contributed by atoms with Crippen LogP contribution in [0.3, 0.4) is 0 Å². The predicted octanol–water partition coefficient (Wildman–Crippen LogP) is 6.75. The molecule has 2 atom stereocenters. The second-order valence-corrected chi connectivity index (χ2v) is 7.90. The summed E-state index contributed by atoms with van der Waals surface area (Å²) >= 11 is 0. The van der Waals surface area contributed by atoms with Crippen LogP contribution in [-0.4, -0.2) is 5.11 Å². The molecule has 0 aliphatic rings. The Labute approximate surface area is 166 Å². The van der Waals surface area contributed by atoms with Gasteiger partial charge in [0.05, 0.1) is 0 Å². The average Bonchev–Trinajstić information content (AvgIpc) is 2.71. The Balaban J connectivity index is 1.77. The fourth-order valence-corrected chi connectivity index (χ4v) is 4.21. The number of rotatable bonds is 5. The fraction of sp³-hybridized carbons (Fsp3) is 0.231. The number of nitrogens with one attached hydrogen (secondary N) is 1. The Morgan fingerprint density at radius 1 is 0.679 bits per heavy atom. The van der Waals surface area contributed by atoms with Gasteiger partial charge in [-0.25, -0.2) is 0 Å². The summed E-state index contributed by atoms with van der Waals surface area (Å²) in [4.78, 5) is 0. The van der Waals surface area contributed by atoms with E-state index in [-0.39, 0.29) is 12.1 Å². The van der Waals surface area contributed by atoms with E-state index in [1.807, 2.05) is 24.3 Å². The summed E-state index contributed by atoms with van der Waals surface area (Å²) in [6.45, 7) is 6.61. The summed E-state index contributed by atoms with van der Waals surface area (Å²) in [6.07, 6.45) is 0. The molecule has 4 rings (SSSR count). The van der Waals surface area contributed by atoms with E-state index in [0.29, 0.717) is 11.7 Å². The SMILES string of the molecule is CC(C)C(N[C@H](C)c1cccc2ccccc12)c1c(O)ccc2ccccc12. The highest BCUT2D eigenvalue weighted by Crippen LogP contribution is 2.37. The van der Waals surface area contributed by atoms with Crippen molar-refractivity contribution in [2.45, 2.75) is 32.9 Å². The summed E-state index contributed by atoms with van der Waals surface area (Å²) in [7, 11) is 0. The number of fused-ring (bicyclic) bond motifs is 2. The minimum absolute atomic E-state index is 0.0417. The van der Waals surface area contributed by atoms with Gasteiger partial charge in [-0.15, -0.1) is 0 Å². The standard InChI is InChI=1S/C26H27NO/c1-17(2)26(25-23-13-7-5-10-20(23)15-16-24(25)28)27-18(3)21-14-8-11-19-9-4-6-12-22(19)21/h4-18,26-28H,1-3H3/t18-,26?/m1/s1. The number of hydrogen-bond donors (Lipinski definition) is 2. The van der Waals surface area contributed by atoms with Crippen molar-refractivity contribution in [1.29, 1.82) is 0 Å². The first-order valence-corrected chi connectivity index (χ1v) is 10.0. The second-order valence-electron chi connectivity index (χ2n) is 7.90. The van der Waals surface area contributed by atoms with Crippen LogP contribution >= 0.6 is 0 Å². The molecule has 142 valence electrons. The summed E-state index contributed by atoms with van der Waals surface area (Å²) in [5, 5.41) is 19.3. The molecule has 4 aromatic rings. The van der Waals surface area contributed by atoms with Crippen molar-refractivity contribution in [2.24, 2.45) is 5.92 Å². The summed E-state index contributed by atoms with van der Waals surface area (Å²) in [6, 6.07) is 27.3. The van der Waals surface area contributed by atoms with E-state index < -0.39 is 0 Å². The van der Waals surface area contributed by atoms with E-state index in [4.69, 9.17) is 0 Å². The van der Waals surface area contributed by atoms with Crippen molar-refractivity contribution in [3.63, 3.8) is 0 Å². The van der Waals surface area contributed by atoms with E-state index in [9.17, 15) is 5.11 Å². The fourth-order valence-electron chi connectivity index (χ4n) is 4.21. The van der Waals surface area contributed by atoms with Gasteiger partial charge >= 0.3 is 0 Å². The maximum atomic E-state index is 10.7. The molecule has 0 bridgehead atoms. The average molecular weight is 370 g/mol. The molecule has 0 saturated carbocycles. The second kappa shape index (κ2) is 7.65. The first-order valence-electron chi connectivity index (χ1n) is 10.0. The molecule has 0 heterocycles. The van der Waals surface area contributed by atoms with Crippen molar-refractivity contribution in [1.82, 2.24) is 5.32 Å².